The van der Waals surface area contributed by atoms with E-state index < -0.39 is 17.6 Å². The van der Waals surface area contributed by atoms with Crippen molar-refractivity contribution in [2.45, 2.75) is 32.5 Å². The molecule has 0 unspecified atom stereocenters. The molecular formula is C12H16F4N2O2. The Morgan fingerprint density at radius 3 is 2.10 bits per heavy atom. The quantitative estimate of drug-likeness (QED) is 0.381. The van der Waals surface area contributed by atoms with Crippen LogP contribution in [-0.2, 0) is 15.7 Å². The van der Waals surface area contributed by atoms with Crippen molar-refractivity contribution in [1.82, 2.24) is 0 Å². The third kappa shape index (κ3) is 6.93. The van der Waals surface area contributed by atoms with Crippen LogP contribution in [0.25, 0.3) is 0 Å². The molecule has 1 aromatic rings. The Balaban J connectivity index is 0.000000441. The Morgan fingerprint density at radius 2 is 1.80 bits per heavy atom. The standard InChI is InChI=1S/C7H6F4N2.C5H10O2/c8-6-2-1-4(13-12)3-5(6)7(9,10)11;1-5(2,3)7-4-6/h1-3,13H,12H2;4H,1-3H3. The van der Waals surface area contributed by atoms with E-state index in [9.17, 15) is 22.4 Å². The smallest absolute Gasteiger partial charge is 0.419 e. The fraction of sp³-hybridized carbons (Fsp3) is 0.417. The van der Waals surface area contributed by atoms with Crippen molar-refractivity contribution >= 4 is 12.2 Å². The van der Waals surface area contributed by atoms with Crippen LogP contribution < -0.4 is 11.3 Å². The average Bonchev–Trinajstić information content (AvgIpc) is 2.27. The number of hydrazine groups is 1. The normalized spacial score (nSPS) is 11.2. The van der Waals surface area contributed by atoms with Crippen molar-refractivity contribution in [2.24, 2.45) is 5.84 Å². The number of alkyl halides is 3. The highest BCUT2D eigenvalue weighted by Gasteiger charge is 2.34. The summed E-state index contributed by atoms with van der Waals surface area (Å²) in [6, 6.07) is 2.43. The van der Waals surface area contributed by atoms with Gasteiger partial charge >= 0.3 is 6.18 Å². The number of benzene rings is 1. The number of nitrogens with one attached hydrogen (secondary N) is 1. The van der Waals surface area contributed by atoms with Crippen LogP contribution in [-0.4, -0.2) is 12.1 Å². The number of rotatable bonds is 2. The van der Waals surface area contributed by atoms with Crippen molar-refractivity contribution in [3.05, 3.63) is 29.6 Å². The molecule has 1 aromatic carbocycles. The highest BCUT2D eigenvalue weighted by atomic mass is 19.4. The van der Waals surface area contributed by atoms with Gasteiger partial charge in [0.1, 0.15) is 11.4 Å². The summed E-state index contributed by atoms with van der Waals surface area (Å²) in [7, 11) is 0. The minimum absolute atomic E-state index is 0.00808. The van der Waals surface area contributed by atoms with Crippen molar-refractivity contribution in [1.29, 1.82) is 0 Å². The molecule has 0 heterocycles. The summed E-state index contributed by atoms with van der Waals surface area (Å²) in [6.07, 6.45) is -4.70. The zero-order chi connectivity index (χ0) is 16.0. The maximum absolute atomic E-state index is 12.6. The van der Waals surface area contributed by atoms with Gasteiger partial charge < -0.3 is 10.2 Å². The van der Waals surface area contributed by atoms with Gasteiger partial charge in [-0.15, -0.1) is 0 Å². The average molecular weight is 296 g/mol. The molecule has 0 radical (unpaired) electrons. The van der Waals surface area contributed by atoms with E-state index in [1.54, 1.807) is 0 Å². The van der Waals surface area contributed by atoms with Gasteiger partial charge in [-0.3, -0.25) is 10.6 Å². The summed E-state index contributed by atoms with van der Waals surface area (Å²) in [5.41, 5.74) is 0.360. The Morgan fingerprint density at radius 1 is 1.25 bits per heavy atom. The molecule has 0 bridgehead atoms. The summed E-state index contributed by atoms with van der Waals surface area (Å²) in [4.78, 5) is 9.60. The monoisotopic (exact) mass is 296 g/mol. The van der Waals surface area contributed by atoms with E-state index in [1.165, 1.54) is 0 Å². The van der Waals surface area contributed by atoms with Gasteiger partial charge in [-0.05, 0) is 39.0 Å². The van der Waals surface area contributed by atoms with Gasteiger partial charge in [0.15, 0.2) is 0 Å². The number of carbonyl (C=O) groups excluding carboxylic acids is 1. The highest BCUT2D eigenvalue weighted by Crippen LogP contribution is 2.32. The third-order valence-corrected chi connectivity index (χ3v) is 1.84. The van der Waals surface area contributed by atoms with E-state index in [0.717, 1.165) is 6.07 Å². The predicted molar refractivity (Wildman–Crippen MR) is 66.1 cm³/mol. The summed E-state index contributed by atoms with van der Waals surface area (Å²) in [5, 5.41) is 0. The number of ether oxygens (including phenoxy) is 1. The number of hydrogen-bond donors (Lipinski definition) is 2. The van der Waals surface area contributed by atoms with E-state index in [4.69, 9.17) is 5.84 Å². The van der Waals surface area contributed by atoms with Crippen molar-refractivity contribution in [3.63, 3.8) is 0 Å². The molecule has 0 aliphatic carbocycles. The second kappa shape index (κ2) is 7.09. The van der Waals surface area contributed by atoms with Gasteiger partial charge in [0.05, 0.1) is 5.56 Å². The van der Waals surface area contributed by atoms with Crippen LogP contribution in [0.2, 0.25) is 0 Å². The zero-order valence-corrected chi connectivity index (χ0v) is 11.2. The van der Waals surface area contributed by atoms with Crippen LogP contribution in [0.5, 0.6) is 0 Å². The number of hydrogen-bond acceptors (Lipinski definition) is 4. The molecule has 0 saturated carbocycles. The molecule has 0 atom stereocenters. The lowest BCUT2D eigenvalue weighted by Gasteiger charge is -2.14. The maximum Gasteiger partial charge on any atom is 0.419 e. The maximum atomic E-state index is 12.6. The fourth-order valence-corrected chi connectivity index (χ4v) is 0.977. The first-order valence-electron chi connectivity index (χ1n) is 5.46. The molecule has 3 N–H and O–H groups in total. The summed E-state index contributed by atoms with van der Waals surface area (Å²) >= 11 is 0. The zero-order valence-electron chi connectivity index (χ0n) is 11.2. The lowest BCUT2D eigenvalue weighted by atomic mass is 10.2. The number of halogens is 4. The largest absolute Gasteiger partial charge is 0.462 e. The Hall–Kier alpha value is -1.83. The molecule has 0 spiro atoms. The van der Waals surface area contributed by atoms with Gasteiger partial charge in [0.2, 0.25) is 0 Å². The fourth-order valence-electron chi connectivity index (χ4n) is 0.977. The first kappa shape index (κ1) is 18.2. The molecule has 0 aliphatic heterocycles. The van der Waals surface area contributed by atoms with E-state index in [1.807, 2.05) is 26.2 Å². The van der Waals surface area contributed by atoms with Gasteiger partial charge in [-0.1, -0.05) is 0 Å². The van der Waals surface area contributed by atoms with E-state index in [-0.39, 0.29) is 11.3 Å². The van der Waals surface area contributed by atoms with Crippen LogP contribution >= 0.6 is 0 Å². The number of nitrogens with two attached hydrogens (primary N) is 1. The van der Waals surface area contributed by atoms with Crippen molar-refractivity contribution < 1.29 is 27.1 Å². The Labute approximate surface area is 113 Å². The minimum Gasteiger partial charge on any atom is -0.462 e. The molecule has 1 rings (SSSR count). The van der Waals surface area contributed by atoms with Crippen LogP contribution in [0.4, 0.5) is 23.2 Å². The van der Waals surface area contributed by atoms with Crippen LogP contribution in [0.1, 0.15) is 26.3 Å². The molecule has 0 fully saturated rings. The molecule has 4 nitrogen and oxygen atoms in total. The summed E-state index contributed by atoms with van der Waals surface area (Å²) in [5.74, 6) is 3.56. The van der Waals surface area contributed by atoms with Gasteiger partial charge in [0.25, 0.3) is 6.47 Å². The van der Waals surface area contributed by atoms with Gasteiger partial charge in [-0.25, -0.2) is 4.39 Å². The molecular weight excluding hydrogens is 280 g/mol. The second-order valence-corrected chi connectivity index (χ2v) is 4.66. The van der Waals surface area contributed by atoms with Crippen molar-refractivity contribution in [3.8, 4) is 0 Å². The lowest BCUT2D eigenvalue weighted by Crippen LogP contribution is -2.17. The van der Waals surface area contributed by atoms with Gasteiger partial charge in [-0.2, -0.15) is 13.2 Å². The minimum atomic E-state index is -4.70. The molecule has 8 heteroatoms. The molecule has 0 saturated heterocycles. The summed E-state index contributed by atoms with van der Waals surface area (Å²) in [6.45, 7) is 5.92. The van der Waals surface area contributed by atoms with Crippen LogP contribution in [0, 0.1) is 5.82 Å². The first-order chi connectivity index (χ1) is 9.01. The summed E-state index contributed by atoms with van der Waals surface area (Å²) < 4.78 is 53.3. The van der Waals surface area contributed by atoms with E-state index >= 15 is 0 Å². The highest BCUT2D eigenvalue weighted by molar-refractivity contribution is 5.45. The SMILES string of the molecule is CC(C)(C)OC=O.NNc1ccc(F)c(C(F)(F)F)c1. The van der Waals surface area contributed by atoms with Crippen LogP contribution in [0.15, 0.2) is 18.2 Å². The second-order valence-electron chi connectivity index (χ2n) is 4.66. The van der Waals surface area contributed by atoms with E-state index in [2.05, 4.69) is 4.74 Å². The Kier molecular flexibility index (Phi) is 6.44. The Bertz CT molecular complexity index is 442. The number of carbonyl (C=O) groups is 1. The number of anilines is 1. The van der Waals surface area contributed by atoms with Crippen LogP contribution in [0.3, 0.4) is 0 Å². The lowest BCUT2D eigenvalue weighted by molar-refractivity contribution is -0.140. The van der Waals surface area contributed by atoms with E-state index in [0.29, 0.717) is 18.6 Å². The van der Waals surface area contributed by atoms with Gasteiger partial charge in [0, 0.05) is 5.69 Å². The molecule has 0 aliphatic rings. The molecule has 0 aromatic heterocycles. The molecule has 0 amide bonds. The topological polar surface area (TPSA) is 64.3 Å². The number of nitrogen functional groups attached to an aromatic ring is 1. The molecule has 114 valence electrons. The van der Waals surface area contributed by atoms with Crippen molar-refractivity contribution in [2.75, 3.05) is 5.43 Å². The molecule has 20 heavy (non-hydrogen) atoms. The predicted octanol–water partition coefficient (Wildman–Crippen LogP) is 3.09. The first-order valence-corrected chi connectivity index (χ1v) is 5.46. The third-order valence-electron chi connectivity index (χ3n) is 1.84.